The minimum absolute atomic E-state index is 0.167. The smallest absolute Gasteiger partial charge is 0.108 e. The van der Waals surface area contributed by atoms with Gasteiger partial charge in [0.1, 0.15) is 5.82 Å². The Morgan fingerprint density at radius 3 is 3.07 bits per heavy atom. The van der Waals surface area contributed by atoms with Crippen LogP contribution in [0.15, 0.2) is 12.4 Å². The molecule has 3 nitrogen and oxygen atoms in total. The first-order chi connectivity index (χ1) is 6.83. The molecule has 1 aliphatic rings. The van der Waals surface area contributed by atoms with Gasteiger partial charge in [0, 0.05) is 18.8 Å². The van der Waals surface area contributed by atoms with Crippen molar-refractivity contribution in [2.45, 2.75) is 51.2 Å². The normalized spacial score (nSPS) is 27.0. The fourth-order valence-corrected chi connectivity index (χ4v) is 2.31. The minimum Gasteiger partial charge on any atom is -0.391 e. The van der Waals surface area contributed by atoms with Crippen LogP contribution in [0, 0.1) is 0 Å². The van der Waals surface area contributed by atoms with E-state index in [2.05, 4.69) is 16.5 Å². The summed E-state index contributed by atoms with van der Waals surface area (Å²) in [5.74, 6) is 1.12. The summed E-state index contributed by atoms with van der Waals surface area (Å²) >= 11 is 0. The zero-order chi connectivity index (χ0) is 9.97. The summed E-state index contributed by atoms with van der Waals surface area (Å²) in [6, 6.07) is 0.277. The minimum atomic E-state index is -0.167. The van der Waals surface area contributed by atoms with Gasteiger partial charge >= 0.3 is 0 Å². The maximum atomic E-state index is 9.80. The molecule has 14 heavy (non-hydrogen) atoms. The van der Waals surface area contributed by atoms with Crippen molar-refractivity contribution in [3.05, 3.63) is 18.2 Å². The first kappa shape index (κ1) is 9.71. The molecule has 0 amide bonds. The van der Waals surface area contributed by atoms with Crippen molar-refractivity contribution in [3.63, 3.8) is 0 Å². The molecule has 2 unspecified atom stereocenters. The number of imidazole rings is 1. The van der Waals surface area contributed by atoms with Gasteiger partial charge in [-0.05, 0) is 25.7 Å². The molecule has 0 aliphatic heterocycles. The van der Waals surface area contributed by atoms with Crippen molar-refractivity contribution in [1.82, 2.24) is 9.55 Å². The predicted molar refractivity (Wildman–Crippen MR) is 55.1 cm³/mol. The van der Waals surface area contributed by atoms with Crippen molar-refractivity contribution in [1.29, 1.82) is 0 Å². The molecule has 1 aliphatic carbocycles. The Balaban J connectivity index is 2.17. The van der Waals surface area contributed by atoms with Gasteiger partial charge in [-0.15, -0.1) is 0 Å². The molecule has 1 N–H and O–H groups in total. The molecule has 2 atom stereocenters. The molecule has 0 radical (unpaired) electrons. The highest BCUT2D eigenvalue weighted by atomic mass is 16.3. The summed E-state index contributed by atoms with van der Waals surface area (Å²) in [5, 5.41) is 9.80. The number of aliphatic hydroxyl groups is 1. The van der Waals surface area contributed by atoms with Gasteiger partial charge in [0.05, 0.1) is 12.1 Å². The summed E-state index contributed by atoms with van der Waals surface area (Å²) < 4.78 is 2.17. The maximum Gasteiger partial charge on any atom is 0.108 e. The molecule has 1 heterocycles. The van der Waals surface area contributed by atoms with Crippen LogP contribution in [-0.2, 0) is 6.42 Å². The molecule has 1 saturated carbocycles. The quantitative estimate of drug-likeness (QED) is 0.798. The lowest BCUT2D eigenvalue weighted by molar-refractivity contribution is 0.135. The molecule has 0 spiro atoms. The molecule has 2 rings (SSSR count). The van der Waals surface area contributed by atoms with Gasteiger partial charge in [-0.3, -0.25) is 0 Å². The van der Waals surface area contributed by atoms with E-state index in [1.54, 1.807) is 0 Å². The number of rotatable bonds is 3. The van der Waals surface area contributed by atoms with Crippen LogP contribution in [0.3, 0.4) is 0 Å². The first-order valence-corrected chi connectivity index (χ1v) is 5.52. The molecule has 78 valence electrons. The van der Waals surface area contributed by atoms with Crippen LogP contribution in [0.1, 0.15) is 44.5 Å². The number of aryl methyl sites for hydroxylation is 1. The van der Waals surface area contributed by atoms with Crippen LogP contribution < -0.4 is 0 Å². The monoisotopic (exact) mass is 194 g/mol. The van der Waals surface area contributed by atoms with E-state index in [-0.39, 0.29) is 12.1 Å². The topological polar surface area (TPSA) is 38.0 Å². The Morgan fingerprint density at radius 2 is 2.43 bits per heavy atom. The number of hydrogen-bond donors (Lipinski definition) is 1. The van der Waals surface area contributed by atoms with Crippen LogP contribution in [0.5, 0.6) is 0 Å². The van der Waals surface area contributed by atoms with Crippen molar-refractivity contribution >= 4 is 0 Å². The van der Waals surface area contributed by atoms with Crippen LogP contribution >= 0.6 is 0 Å². The molecular formula is C11H18N2O. The SMILES string of the molecule is CCCc1nccn1C1CCCC1O. The van der Waals surface area contributed by atoms with Gasteiger partial charge in [0.15, 0.2) is 0 Å². The lowest BCUT2D eigenvalue weighted by Gasteiger charge is -2.18. The average molecular weight is 194 g/mol. The van der Waals surface area contributed by atoms with E-state index in [4.69, 9.17) is 0 Å². The van der Waals surface area contributed by atoms with E-state index < -0.39 is 0 Å². The van der Waals surface area contributed by atoms with Gasteiger partial charge in [0.2, 0.25) is 0 Å². The molecule has 1 aromatic heterocycles. The lowest BCUT2D eigenvalue weighted by atomic mass is 10.2. The van der Waals surface area contributed by atoms with Crippen molar-refractivity contribution in [2.75, 3.05) is 0 Å². The summed E-state index contributed by atoms with van der Waals surface area (Å²) in [6.07, 6.45) is 8.97. The Morgan fingerprint density at radius 1 is 1.57 bits per heavy atom. The third kappa shape index (κ3) is 1.69. The largest absolute Gasteiger partial charge is 0.391 e. The fraction of sp³-hybridized carbons (Fsp3) is 0.727. The van der Waals surface area contributed by atoms with Gasteiger partial charge in [-0.25, -0.2) is 4.98 Å². The third-order valence-corrected chi connectivity index (χ3v) is 3.02. The highest BCUT2D eigenvalue weighted by Crippen LogP contribution is 2.30. The third-order valence-electron chi connectivity index (χ3n) is 3.02. The fourth-order valence-electron chi connectivity index (χ4n) is 2.31. The standard InChI is InChI=1S/C11H18N2O/c1-2-4-11-12-7-8-13(11)9-5-3-6-10(9)14/h7-10,14H,2-6H2,1H3. The summed E-state index contributed by atoms with van der Waals surface area (Å²) in [5.41, 5.74) is 0. The van der Waals surface area contributed by atoms with Crippen LogP contribution in [0.2, 0.25) is 0 Å². The molecule has 1 fully saturated rings. The molecular weight excluding hydrogens is 176 g/mol. The second-order valence-corrected chi connectivity index (χ2v) is 4.07. The zero-order valence-corrected chi connectivity index (χ0v) is 8.69. The Labute approximate surface area is 84.8 Å². The van der Waals surface area contributed by atoms with Crippen molar-refractivity contribution in [3.8, 4) is 0 Å². The Hall–Kier alpha value is -0.830. The van der Waals surface area contributed by atoms with Crippen molar-refractivity contribution in [2.24, 2.45) is 0 Å². The van der Waals surface area contributed by atoms with E-state index in [1.807, 2.05) is 12.4 Å². The average Bonchev–Trinajstić information content (AvgIpc) is 2.74. The Bertz CT molecular complexity index is 295. The maximum absolute atomic E-state index is 9.80. The van der Waals surface area contributed by atoms with Gasteiger partial charge < -0.3 is 9.67 Å². The second kappa shape index (κ2) is 4.13. The Kier molecular flexibility index (Phi) is 2.87. The number of hydrogen-bond acceptors (Lipinski definition) is 2. The van der Waals surface area contributed by atoms with Gasteiger partial charge in [0.25, 0.3) is 0 Å². The first-order valence-electron chi connectivity index (χ1n) is 5.52. The highest BCUT2D eigenvalue weighted by Gasteiger charge is 2.27. The summed E-state index contributed by atoms with van der Waals surface area (Å²) in [6.45, 7) is 2.16. The zero-order valence-electron chi connectivity index (χ0n) is 8.69. The highest BCUT2D eigenvalue weighted by molar-refractivity contribution is 4.98. The van der Waals surface area contributed by atoms with Crippen LogP contribution in [0.25, 0.3) is 0 Å². The van der Waals surface area contributed by atoms with Gasteiger partial charge in [-0.1, -0.05) is 6.92 Å². The molecule has 3 heteroatoms. The molecule has 0 saturated heterocycles. The van der Waals surface area contributed by atoms with Crippen LogP contribution in [0.4, 0.5) is 0 Å². The van der Waals surface area contributed by atoms with Crippen molar-refractivity contribution < 1.29 is 5.11 Å². The molecule has 1 aromatic rings. The van der Waals surface area contributed by atoms with E-state index in [0.29, 0.717) is 0 Å². The van der Waals surface area contributed by atoms with E-state index in [1.165, 1.54) is 0 Å². The van der Waals surface area contributed by atoms with Crippen LogP contribution in [-0.4, -0.2) is 20.8 Å². The van der Waals surface area contributed by atoms with E-state index in [9.17, 15) is 5.11 Å². The lowest BCUT2D eigenvalue weighted by Crippen LogP contribution is -2.19. The number of nitrogens with zero attached hydrogens (tertiary/aromatic N) is 2. The second-order valence-electron chi connectivity index (χ2n) is 4.07. The summed E-state index contributed by atoms with van der Waals surface area (Å²) in [7, 11) is 0. The van der Waals surface area contributed by atoms with Gasteiger partial charge in [-0.2, -0.15) is 0 Å². The van der Waals surface area contributed by atoms with E-state index >= 15 is 0 Å². The summed E-state index contributed by atoms with van der Waals surface area (Å²) in [4.78, 5) is 4.34. The molecule has 0 bridgehead atoms. The van der Waals surface area contributed by atoms with E-state index in [0.717, 1.165) is 37.9 Å². The number of aromatic nitrogens is 2. The molecule has 0 aromatic carbocycles. The number of aliphatic hydroxyl groups excluding tert-OH is 1. The predicted octanol–water partition coefficient (Wildman–Crippen LogP) is 1.92.